The summed E-state index contributed by atoms with van der Waals surface area (Å²) in [6.07, 6.45) is 0. The fraction of sp³-hybridized carbons (Fsp3) is 0.143. The second-order valence-corrected chi connectivity index (χ2v) is 2.96. The predicted octanol–water partition coefficient (Wildman–Crippen LogP) is 0.247. The number of halogens is 1. The van der Waals surface area contributed by atoms with Gasteiger partial charge in [-0.25, -0.2) is 0 Å². The summed E-state index contributed by atoms with van der Waals surface area (Å²) in [4.78, 5) is 11.8. The number of carboxylic acid groups (broad SMARTS) is 1. The zero-order chi connectivity index (χ0) is 12.1. The highest BCUT2D eigenvalue weighted by Gasteiger charge is 2.17. The number of carbonyl (C=O) groups excluding carboxylic acids is 1. The number of hydrogen-bond donors (Lipinski definition) is 1. The molecular weight excluding hydrogens is 236 g/mol. The van der Waals surface area contributed by atoms with Crippen LogP contribution in [0.5, 0.6) is 0 Å². The van der Waals surface area contributed by atoms with E-state index in [2.05, 4.69) is 25.4 Å². The molecule has 0 aliphatic heterocycles. The van der Waals surface area contributed by atoms with Gasteiger partial charge in [0.2, 0.25) is 5.65 Å². The molecule has 0 aliphatic carbocycles. The van der Waals surface area contributed by atoms with Crippen LogP contribution in [0, 0.1) is 5.39 Å². The number of nitrogens with zero attached hydrogens (tertiary/aromatic N) is 5. The van der Waals surface area contributed by atoms with E-state index in [0.29, 0.717) is 11.0 Å². The Kier molecular flexibility index (Phi) is 3.68. The summed E-state index contributed by atoms with van der Waals surface area (Å²) in [5.74, 6) is -0.929. The highest BCUT2D eigenvalue weighted by atomic mass is 35.5. The zero-order valence-electron chi connectivity index (χ0n) is 8.01. The largest absolute Gasteiger partial charge is 0.550 e. The predicted molar refractivity (Wildman–Crippen MR) is 52.1 cm³/mol. The van der Waals surface area contributed by atoms with Crippen molar-refractivity contribution in [2.75, 3.05) is 0 Å². The van der Waals surface area contributed by atoms with E-state index in [1.165, 1.54) is 6.07 Å². The molecule has 16 heavy (non-hydrogen) atoms. The molecule has 2 aromatic heterocycles. The van der Waals surface area contributed by atoms with Crippen LogP contribution < -0.4 is 5.11 Å². The molecule has 0 radical (unpaired) electrons. The third-order valence-electron chi connectivity index (χ3n) is 1.37. The van der Waals surface area contributed by atoms with Gasteiger partial charge in [0.1, 0.15) is 5.39 Å². The smallest absolute Gasteiger partial charge is 0.497 e. The first-order valence-corrected chi connectivity index (χ1v) is 4.32. The maximum Gasteiger partial charge on any atom is 0.497 e. The normalized spacial score (nSPS) is 9.06. The molecule has 82 valence electrons. The van der Waals surface area contributed by atoms with Crippen molar-refractivity contribution >= 4 is 34.4 Å². The lowest BCUT2D eigenvalue weighted by Gasteiger charge is -1.82. The Labute approximate surface area is 93.9 Å². The number of carboxylic acids is 1. The van der Waals surface area contributed by atoms with E-state index in [1.54, 1.807) is 0 Å². The molecule has 0 unspecified atom stereocenters. The highest BCUT2D eigenvalue weighted by Crippen LogP contribution is 2.22. The summed E-state index contributed by atoms with van der Waals surface area (Å²) < 4.78 is 0. The van der Waals surface area contributed by atoms with Crippen LogP contribution in [-0.4, -0.2) is 26.4 Å². The third kappa shape index (κ3) is 2.86. The van der Waals surface area contributed by atoms with Gasteiger partial charge in [0, 0.05) is 10.9 Å². The maximum absolute atomic E-state index is 8.89. The molecule has 0 saturated carbocycles. The van der Waals surface area contributed by atoms with Crippen molar-refractivity contribution in [1.29, 1.82) is 5.39 Å². The Morgan fingerprint density at radius 2 is 2.25 bits per heavy atom. The minimum atomic E-state index is -1.08. The second-order valence-electron chi connectivity index (χ2n) is 2.57. The SMILES string of the molecule is CC(=O)[O-].N#[N+]c1n[nH]c2nnc(Cl)cc12. The average molecular weight is 241 g/mol. The van der Waals surface area contributed by atoms with Gasteiger partial charge in [-0.05, 0) is 13.0 Å². The molecule has 0 aliphatic rings. The van der Waals surface area contributed by atoms with E-state index in [0.717, 1.165) is 6.92 Å². The summed E-state index contributed by atoms with van der Waals surface area (Å²) in [5.41, 5.74) is 0.437. The van der Waals surface area contributed by atoms with Crippen molar-refractivity contribution in [3.05, 3.63) is 16.2 Å². The Morgan fingerprint density at radius 3 is 2.81 bits per heavy atom. The average Bonchev–Trinajstić information content (AvgIpc) is 2.59. The van der Waals surface area contributed by atoms with Gasteiger partial charge < -0.3 is 9.90 Å². The Hall–Kier alpha value is -2.27. The number of fused-ring (bicyclic) bond motifs is 1. The first-order chi connectivity index (χ1) is 7.54. The van der Waals surface area contributed by atoms with Crippen molar-refractivity contribution < 1.29 is 9.90 Å². The first-order valence-electron chi connectivity index (χ1n) is 3.94. The number of rotatable bonds is 0. The van der Waals surface area contributed by atoms with Gasteiger partial charge in [-0.15, -0.1) is 10.2 Å². The van der Waals surface area contributed by atoms with Crippen molar-refractivity contribution in [3.8, 4) is 0 Å². The van der Waals surface area contributed by atoms with Crippen LogP contribution in [0.2, 0.25) is 5.15 Å². The van der Waals surface area contributed by atoms with E-state index >= 15 is 0 Å². The summed E-state index contributed by atoms with van der Waals surface area (Å²) in [6.45, 7) is 0.972. The van der Waals surface area contributed by atoms with Gasteiger partial charge in [-0.3, -0.25) is 0 Å². The molecule has 9 heteroatoms. The molecule has 0 spiro atoms. The molecular formula is C7H5ClN6O2. The van der Waals surface area contributed by atoms with Crippen LogP contribution >= 0.6 is 11.6 Å². The molecule has 2 rings (SSSR count). The summed E-state index contributed by atoms with van der Waals surface area (Å²) >= 11 is 5.57. The number of H-pyrrole nitrogens is 1. The van der Waals surface area contributed by atoms with Crippen LogP contribution in [0.3, 0.4) is 0 Å². The molecule has 0 fully saturated rings. The van der Waals surface area contributed by atoms with E-state index in [-0.39, 0.29) is 11.0 Å². The Balaban J connectivity index is 0.000000280. The van der Waals surface area contributed by atoms with Crippen molar-refractivity contribution in [2.24, 2.45) is 0 Å². The quantitative estimate of drug-likeness (QED) is 0.658. The minimum absolute atomic E-state index is 0.154. The standard InChI is InChI=1S/C5H2ClN6.C2H4O2/c6-3-1-2-4(8-7)10-12-5(2)11-9-3;1-2(3)4/h1H,(H,10,11,12);1H3,(H,3,4)/q+1;/p-1. The van der Waals surface area contributed by atoms with Gasteiger partial charge in [0.15, 0.2) is 5.15 Å². The topological polar surface area (TPSA) is 123 Å². The van der Waals surface area contributed by atoms with Gasteiger partial charge >= 0.3 is 5.82 Å². The van der Waals surface area contributed by atoms with Crippen LogP contribution in [-0.2, 0) is 4.79 Å². The molecule has 0 atom stereocenters. The van der Waals surface area contributed by atoms with Crippen molar-refractivity contribution in [3.63, 3.8) is 0 Å². The fourth-order valence-electron chi connectivity index (χ4n) is 0.863. The van der Waals surface area contributed by atoms with E-state index < -0.39 is 5.97 Å². The molecule has 0 aromatic carbocycles. The number of hydrogen-bond acceptors (Lipinski definition) is 6. The number of aromatic nitrogens is 4. The summed E-state index contributed by atoms with van der Waals surface area (Å²) in [6, 6.07) is 1.52. The molecule has 2 aromatic rings. The third-order valence-corrected chi connectivity index (χ3v) is 1.55. The fourth-order valence-corrected chi connectivity index (χ4v) is 1.01. The van der Waals surface area contributed by atoms with Crippen LogP contribution in [0.25, 0.3) is 16.0 Å². The van der Waals surface area contributed by atoms with E-state index in [4.69, 9.17) is 26.9 Å². The monoisotopic (exact) mass is 240 g/mol. The van der Waals surface area contributed by atoms with Gasteiger partial charge in [-0.2, -0.15) is 5.10 Å². The van der Waals surface area contributed by atoms with Crippen LogP contribution in [0.4, 0.5) is 5.82 Å². The summed E-state index contributed by atoms with van der Waals surface area (Å²) in [7, 11) is 0. The number of aromatic amines is 1. The molecule has 0 amide bonds. The lowest BCUT2D eigenvalue weighted by Crippen LogP contribution is -2.16. The van der Waals surface area contributed by atoms with E-state index in [1.807, 2.05) is 0 Å². The minimum Gasteiger partial charge on any atom is -0.550 e. The number of aliphatic carboxylic acids is 1. The Bertz CT molecular complexity index is 555. The molecule has 1 N–H and O–H groups in total. The van der Waals surface area contributed by atoms with Crippen molar-refractivity contribution in [1.82, 2.24) is 20.4 Å². The van der Waals surface area contributed by atoms with Crippen molar-refractivity contribution in [2.45, 2.75) is 6.92 Å². The number of carbonyl (C=O) groups is 1. The summed E-state index contributed by atoms with van der Waals surface area (Å²) in [5, 5.41) is 31.6. The molecule has 2 heterocycles. The lowest BCUT2D eigenvalue weighted by molar-refractivity contribution is -0.302. The van der Waals surface area contributed by atoms with Gasteiger partial charge in [-0.1, -0.05) is 11.6 Å². The number of diazo groups is 1. The highest BCUT2D eigenvalue weighted by molar-refractivity contribution is 6.30. The zero-order valence-corrected chi connectivity index (χ0v) is 8.76. The Morgan fingerprint density at radius 1 is 1.62 bits per heavy atom. The van der Waals surface area contributed by atoms with Gasteiger partial charge in [0.25, 0.3) is 0 Å². The molecule has 0 bridgehead atoms. The lowest BCUT2D eigenvalue weighted by atomic mass is 10.4. The van der Waals surface area contributed by atoms with E-state index in [9.17, 15) is 0 Å². The maximum atomic E-state index is 8.89. The molecule has 8 nitrogen and oxygen atoms in total. The first kappa shape index (κ1) is 11.8. The van der Waals surface area contributed by atoms with Gasteiger partial charge in [0.05, 0.1) is 10.5 Å². The molecule has 0 saturated heterocycles. The second kappa shape index (κ2) is 4.99. The van der Waals surface area contributed by atoms with Crippen LogP contribution in [0.15, 0.2) is 6.07 Å². The van der Waals surface area contributed by atoms with Crippen LogP contribution in [0.1, 0.15) is 6.92 Å². The number of nitrogens with one attached hydrogen (secondary N) is 1.